The first-order valence-corrected chi connectivity index (χ1v) is 8.37. The minimum Gasteiger partial charge on any atom is -0.508 e. The molecule has 144 valence electrons. The van der Waals surface area contributed by atoms with Crippen LogP contribution in [0.25, 0.3) is 5.57 Å². The van der Waals surface area contributed by atoms with E-state index in [9.17, 15) is 14.7 Å². The standard InChI is InChI=1S/C19H18N4O5/c1-3-27-18(25)15(11-21-17-13(9-20)10-22-23-17)16(19(26)28-4-2)12-5-7-14(24)8-6-12/h5-8,10-11,24H,3-4H2,1-2H3,(H,22,23)/b16-15+,21-11-. The molecule has 0 unspecified atom stereocenters. The van der Waals surface area contributed by atoms with E-state index in [0.29, 0.717) is 5.56 Å². The van der Waals surface area contributed by atoms with Crippen LogP contribution in [0.4, 0.5) is 5.82 Å². The zero-order valence-corrected chi connectivity index (χ0v) is 15.3. The number of phenolic OH excluding ortho intramolecular Hbond substituents is 1. The summed E-state index contributed by atoms with van der Waals surface area (Å²) in [6.07, 6.45) is 2.40. The van der Waals surface area contributed by atoms with E-state index in [2.05, 4.69) is 15.2 Å². The van der Waals surface area contributed by atoms with E-state index < -0.39 is 11.9 Å². The lowest BCUT2D eigenvalue weighted by Gasteiger charge is -2.11. The molecule has 28 heavy (non-hydrogen) atoms. The second-order valence-corrected chi connectivity index (χ2v) is 5.28. The number of H-pyrrole nitrogens is 1. The number of aromatic nitrogens is 2. The molecule has 1 aromatic carbocycles. The third-order valence-corrected chi connectivity index (χ3v) is 3.46. The first kappa shape index (κ1) is 20.4. The van der Waals surface area contributed by atoms with Crippen molar-refractivity contribution in [1.82, 2.24) is 10.2 Å². The van der Waals surface area contributed by atoms with Crippen molar-refractivity contribution in [3.63, 3.8) is 0 Å². The van der Waals surface area contributed by atoms with Crippen LogP contribution in [0.5, 0.6) is 5.75 Å². The number of nitrogens with one attached hydrogen (secondary N) is 1. The monoisotopic (exact) mass is 382 g/mol. The van der Waals surface area contributed by atoms with E-state index in [0.717, 1.165) is 6.21 Å². The normalized spacial score (nSPS) is 11.6. The molecule has 0 radical (unpaired) electrons. The third kappa shape index (κ3) is 4.82. The van der Waals surface area contributed by atoms with Crippen LogP contribution in [0.15, 0.2) is 41.0 Å². The lowest BCUT2D eigenvalue weighted by molar-refractivity contribution is -0.139. The van der Waals surface area contributed by atoms with Crippen molar-refractivity contribution in [1.29, 1.82) is 5.26 Å². The summed E-state index contributed by atoms with van der Waals surface area (Å²) in [6.45, 7) is 3.43. The molecule has 2 rings (SSSR count). The maximum absolute atomic E-state index is 12.6. The molecule has 9 nitrogen and oxygen atoms in total. The van der Waals surface area contributed by atoms with E-state index >= 15 is 0 Å². The van der Waals surface area contributed by atoms with E-state index in [1.165, 1.54) is 30.5 Å². The van der Waals surface area contributed by atoms with Crippen LogP contribution in [-0.2, 0) is 19.1 Å². The van der Waals surface area contributed by atoms with Crippen molar-refractivity contribution in [2.24, 2.45) is 4.99 Å². The summed E-state index contributed by atoms with van der Waals surface area (Å²) >= 11 is 0. The highest BCUT2D eigenvalue weighted by Crippen LogP contribution is 2.24. The Morgan fingerprint density at radius 2 is 1.86 bits per heavy atom. The molecule has 0 aliphatic rings. The highest BCUT2D eigenvalue weighted by atomic mass is 16.5. The van der Waals surface area contributed by atoms with Crippen LogP contribution in [0.2, 0.25) is 0 Å². The fourth-order valence-corrected chi connectivity index (χ4v) is 2.23. The quantitative estimate of drug-likeness (QED) is 0.425. The van der Waals surface area contributed by atoms with E-state index in [1.807, 2.05) is 6.07 Å². The number of aromatic amines is 1. The summed E-state index contributed by atoms with van der Waals surface area (Å²) in [6, 6.07) is 7.58. The maximum Gasteiger partial charge on any atom is 0.340 e. The number of ether oxygens (including phenoxy) is 2. The Morgan fingerprint density at radius 1 is 1.21 bits per heavy atom. The SMILES string of the molecule is CCOC(=O)C(/C=N\c1[nH]ncc1C#N)=C(/C(=O)OCC)c1ccc(O)cc1. The van der Waals surface area contributed by atoms with Gasteiger partial charge in [0, 0.05) is 6.21 Å². The summed E-state index contributed by atoms with van der Waals surface area (Å²) in [4.78, 5) is 29.2. The Bertz CT molecular complexity index is 951. The molecular formula is C19H18N4O5. The molecule has 0 amide bonds. The minimum absolute atomic E-state index is 0.00515. The number of rotatable bonds is 7. The Labute approximate surface area is 160 Å². The molecule has 0 saturated carbocycles. The van der Waals surface area contributed by atoms with Crippen molar-refractivity contribution < 1.29 is 24.2 Å². The molecule has 0 aliphatic heterocycles. The smallest absolute Gasteiger partial charge is 0.340 e. The molecule has 2 N–H and O–H groups in total. The van der Waals surface area contributed by atoms with Gasteiger partial charge in [0.05, 0.1) is 30.6 Å². The van der Waals surface area contributed by atoms with Gasteiger partial charge in [-0.05, 0) is 31.5 Å². The molecule has 2 aromatic rings. The molecular weight excluding hydrogens is 364 g/mol. The van der Waals surface area contributed by atoms with Crippen LogP contribution >= 0.6 is 0 Å². The average molecular weight is 382 g/mol. The zero-order valence-electron chi connectivity index (χ0n) is 15.3. The fraction of sp³-hybridized carbons (Fsp3) is 0.211. The number of hydrogen-bond acceptors (Lipinski definition) is 8. The molecule has 0 fully saturated rings. The first-order chi connectivity index (χ1) is 13.5. The van der Waals surface area contributed by atoms with Crippen LogP contribution in [0.3, 0.4) is 0 Å². The number of hydrogen-bond donors (Lipinski definition) is 2. The molecule has 1 aromatic heterocycles. The van der Waals surface area contributed by atoms with Gasteiger partial charge in [-0.15, -0.1) is 0 Å². The topological polar surface area (TPSA) is 138 Å². The van der Waals surface area contributed by atoms with Crippen molar-refractivity contribution in [3.05, 3.63) is 47.2 Å². The third-order valence-electron chi connectivity index (χ3n) is 3.46. The van der Waals surface area contributed by atoms with Gasteiger partial charge in [0.2, 0.25) is 0 Å². The molecule has 9 heteroatoms. The van der Waals surface area contributed by atoms with Crippen molar-refractivity contribution in [2.75, 3.05) is 13.2 Å². The Kier molecular flexibility index (Phi) is 7.05. The van der Waals surface area contributed by atoms with Gasteiger partial charge < -0.3 is 14.6 Å². The second kappa shape index (κ2) is 9.68. The van der Waals surface area contributed by atoms with Gasteiger partial charge in [0.1, 0.15) is 17.4 Å². The second-order valence-electron chi connectivity index (χ2n) is 5.28. The number of benzene rings is 1. The number of esters is 2. The zero-order chi connectivity index (χ0) is 20.5. The lowest BCUT2D eigenvalue weighted by Crippen LogP contribution is -2.17. The molecule has 0 aliphatic carbocycles. The number of carbonyl (C=O) groups excluding carboxylic acids is 2. The van der Waals surface area contributed by atoms with Gasteiger partial charge in [0.15, 0.2) is 5.82 Å². The predicted octanol–water partition coefficient (Wildman–Crippen LogP) is 2.27. The molecule has 1 heterocycles. The molecule has 0 atom stereocenters. The lowest BCUT2D eigenvalue weighted by atomic mass is 10.00. The fourth-order valence-electron chi connectivity index (χ4n) is 2.23. The summed E-state index contributed by atoms with van der Waals surface area (Å²) in [7, 11) is 0. The Hall–Kier alpha value is -3.93. The number of nitrogens with zero attached hydrogens (tertiary/aromatic N) is 3. The van der Waals surface area contributed by atoms with E-state index in [-0.39, 0.29) is 41.5 Å². The van der Waals surface area contributed by atoms with Crippen molar-refractivity contribution >= 4 is 29.5 Å². The Balaban J connectivity index is 2.65. The maximum atomic E-state index is 12.6. The van der Waals surface area contributed by atoms with Gasteiger partial charge >= 0.3 is 11.9 Å². The van der Waals surface area contributed by atoms with Crippen LogP contribution in [-0.4, -0.2) is 46.7 Å². The first-order valence-electron chi connectivity index (χ1n) is 8.37. The predicted molar refractivity (Wildman–Crippen MR) is 99.7 cm³/mol. The van der Waals surface area contributed by atoms with E-state index in [1.54, 1.807) is 13.8 Å². The van der Waals surface area contributed by atoms with Crippen molar-refractivity contribution in [3.8, 4) is 11.8 Å². The van der Waals surface area contributed by atoms with Gasteiger partial charge in [-0.3, -0.25) is 5.10 Å². The molecule has 0 spiro atoms. The average Bonchev–Trinajstić information content (AvgIpc) is 3.14. The van der Waals surface area contributed by atoms with Gasteiger partial charge in [-0.2, -0.15) is 10.4 Å². The number of aliphatic imine (C=N–C) groups is 1. The van der Waals surface area contributed by atoms with Crippen LogP contribution in [0, 0.1) is 11.3 Å². The van der Waals surface area contributed by atoms with Gasteiger partial charge in [-0.25, -0.2) is 14.6 Å². The number of phenols is 1. The Morgan fingerprint density at radius 3 is 2.46 bits per heavy atom. The summed E-state index contributed by atoms with van der Waals surface area (Å²) in [5.41, 5.74) is 0.254. The van der Waals surface area contributed by atoms with Gasteiger partial charge in [-0.1, -0.05) is 12.1 Å². The number of aromatic hydroxyl groups is 1. The summed E-state index contributed by atoms with van der Waals surface area (Å²) < 4.78 is 10.1. The molecule has 0 saturated heterocycles. The summed E-state index contributed by atoms with van der Waals surface area (Å²) in [5, 5.41) is 24.8. The van der Waals surface area contributed by atoms with Gasteiger partial charge in [0.25, 0.3) is 0 Å². The highest BCUT2D eigenvalue weighted by Gasteiger charge is 2.24. The summed E-state index contributed by atoms with van der Waals surface area (Å²) in [5.74, 6) is -1.43. The number of carbonyl (C=O) groups is 2. The minimum atomic E-state index is -0.791. The molecule has 0 bridgehead atoms. The number of nitriles is 1. The van der Waals surface area contributed by atoms with Crippen LogP contribution < -0.4 is 0 Å². The highest BCUT2D eigenvalue weighted by molar-refractivity contribution is 6.30. The van der Waals surface area contributed by atoms with Crippen LogP contribution in [0.1, 0.15) is 25.0 Å². The van der Waals surface area contributed by atoms with E-state index in [4.69, 9.17) is 14.7 Å². The van der Waals surface area contributed by atoms with Crippen molar-refractivity contribution in [2.45, 2.75) is 13.8 Å². The largest absolute Gasteiger partial charge is 0.508 e.